The lowest BCUT2D eigenvalue weighted by Gasteiger charge is -2.23. The van der Waals surface area contributed by atoms with E-state index in [-0.39, 0.29) is 11.8 Å². The highest BCUT2D eigenvalue weighted by Crippen LogP contribution is 2.30. The third kappa shape index (κ3) is 5.31. The van der Waals surface area contributed by atoms with Crippen LogP contribution in [0.25, 0.3) is 0 Å². The van der Waals surface area contributed by atoms with Crippen LogP contribution in [-0.2, 0) is 11.3 Å². The van der Waals surface area contributed by atoms with Crippen LogP contribution in [0.1, 0.15) is 35.7 Å². The summed E-state index contributed by atoms with van der Waals surface area (Å²) in [6.45, 7) is 3.97. The highest BCUT2D eigenvalue weighted by molar-refractivity contribution is 5.97. The van der Waals surface area contributed by atoms with E-state index in [1.54, 1.807) is 6.92 Å². The number of nitrogens with one attached hydrogen (secondary N) is 3. The van der Waals surface area contributed by atoms with Crippen LogP contribution in [0.4, 0.5) is 5.69 Å². The molecule has 1 aliphatic heterocycles. The molecule has 0 aromatic heterocycles. The number of ether oxygens (including phenoxy) is 1. The Morgan fingerprint density at radius 3 is 2.70 bits per heavy atom. The van der Waals surface area contributed by atoms with E-state index in [4.69, 9.17) is 4.74 Å². The maximum atomic E-state index is 11.9. The molecule has 1 heterocycles. The molecule has 3 rings (SSSR count). The van der Waals surface area contributed by atoms with E-state index in [0.717, 1.165) is 37.2 Å². The SMILES string of the molecule is CC1Oc2ccc(CNCCCCNC(=O)c3ccccc3)cc2NC1=O. The molecule has 1 aliphatic rings. The lowest BCUT2D eigenvalue weighted by Crippen LogP contribution is -2.34. The van der Waals surface area contributed by atoms with Gasteiger partial charge in [-0.05, 0) is 56.1 Å². The van der Waals surface area contributed by atoms with Crippen LogP contribution in [0, 0.1) is 0 Å². The van der Waals surface area contributed by atoms with Crippen LogP contribution >= 0.6 is 0 Å². The average molecular weight is 367 g/mol. The third-order valence-corrected chi connectivity index (χ3v) is 4.41. The quantitative estimate of drug-likeness (QED) is 0.627. The molecule has 6 heteroatoms. The summed E-state index contributed by atoms with van der Waals surface area (Å²) in [5.41, 5.74) is 2.50. The fourth-order valence-corrected chi connectivity index (χ4v) is 2.87. The molecular formula is C21H25N3O3. The van der Waals surface area contributed by atoms with Crippen LogP contribution in [0.5, 0.6) is 5.75 Å². The van der Waals surface area contributed by atoms with Crippen molar-refractivity contribution < 1.29 is 14.3 Å². The van der Waals surface area contributed by atoms with Crippen molar-refractivity contribution in [2.24, 2.45) is 0 Å². The predicted molar refractivity (Wildman–Crippen MR) is 105 cm³/mol. The maximum Gasteiger partial charge on any atom is 0.265 e. The molecule has 1 atom stereocenters. The van der Waals surface area contributed by atoms with Crippen molar-refractivity contribution in [3.63, 3.8) is 0 Å². The van der Waals surface area contributed by atoms with Gasteiger partial charge in [-0.1, -0.05) is 24.3 Å². The normalized spacial score (nSPS) is 15.4. The topological polar surface area (TPSA) is 79.5 Å². The number of benzene rings is 2. The summed E-state index contributed by atoms with van der Waals surface area (Å²) < 4.78 is 5.55. The Morgan fingerprint density at radius 2 is 1.89 bits per heavy atom. The molecule has 1 unspecified atom stereocenters. The van der Waals surface area contributed by atoms with Gasteiger partial charge in [0, 0.05) is 18.7 Å². The minimum atomic E-state index is -0.455. The first-order valence-corrected chi connectivity index (χ1v) is 9.28. The van der Waals surface area contributed by atoms with Crippen LogP contribution < -0.4 is 20.7 Å². The first kappa shape index (κ1) is 18.9. The minimum absolute atomic E-state index is 0.0313. The number of amides is 2. The number of carbonyl (C=O) groups is 2. The average Bonchev–Trinajstić information content (AvgIpc) is 2.68. The number of rotatable bonds is 8. The van der Waals surface area contributed by atoms with Gasteiger partial charge >= 0.3 is 0 Å². The molecule has 2 aromatic carbocycles. The number of hydrogen-bond acceptors (Lipinski definition) is 4. The van der Waals surface area contributed by atoms with Gasteiger partial charge in [0.05, 0.1) is 5.69 Å². The largest absolute Gasteiger partial charge is 0.479 e. The zero-order valence-corrected chi connectivity index (χ0v) is 15.5. The van der Waals surface area contributed by atoms with Crippen molar-refractivity contribution in [2.45, 2.75) is 32.4 Å². The Bertz CT molecular complexity index is 793. The van der Waals surface area contributed by atoms with Crippen LogP contribution in [0.15, 0.2) is 48.5 Å². The van der Waals surface area contributed by atoms with Gasteiger partial charge in [0.1, 0.15) is 5.75 Å². The lowest BCUT2D eigenvalue weighted by molar-refractivity contribution is -0.122. The smallest absolute Gasteiger partial charge is 0.265 e. The van der Waals surface area contributed by atoms with Crippen LogP contribution in [0.2, 0.25) is 0 Å². The van der Waals surface area contributed by atoms with Gasteiger partial charge in [0.15, 0.2) is 6.10 Å². The summed E-state index contributed by atoms with van der Waals surface area (Å²) in [5.74, 6) is 0.557. The zero-order chi connectivity index (χ0) is 19.1. The minimum Gasteiger partial charge on any atom is -0.479 e. The lowest BCUT2D eigenvalue weighted by atomic mass is 10.1. The molecule has 0 bridgehead atoms. The molecule has 0 radical (unpaired) electrons. The van der Waals surface area contributed by atoms with E-state index >= 15 is 0 Å². The second kappa shape index (κ2) is 9.19. The first-order valence-electron chi connectivity index (χ1n) is 9.28. The number of anilines is 1. The Balaban J connectivity index is 1.32. The van der Waals surface area contributed by atoms with Gasteiger partial charge in [0.25, 0.3) is 11.8 Å². The molecule has 0 aliphatic carbocycles. The second-order valence-corrected chi connectivity index (χ2v) is 6.59. The molecule has 0 spiro atoms. The van der Waals surface area contributed by atoms with Gasteiger partial charge in [-0.15, -0.1) is 0 Å². The summed E-state index contributed by atoms with van der Waals surface area (Å²) in [7, 11) is 0. The van der Waals surface area contributed by atoms with E-state index in [0.29, 0.717) is 17.9 Å². The fraction of sp³-hybridized carbons (Fsp3) is 0.333. The van der Waals surface area contributed by atoms with Crippen molar-refractivity contribution in [3.05, 3.63) is 59.7 Å². The molecule has 2 amide bonds. The Kier molecular flexibility index (Phi) is 6.44. The predicted octanol–water partition coefficient (Wildman–Crippen LogP) is 2.71. The summed E-state index contributed by atoms with van der Waals surface area (Å²) in [6, 6.07) is 15.1. The molecule has 6 nitrogen and oxygen atoms in total. The summed E-state index contributed by atoms with van der Waals surface area (Å²) in [6.07, 6.45) is 1.43. The molecule has 142 valence electrons. The van der Waals surface area contributed by atoms with Crippen LogP contribution in [0.3, 0.4) is 0 Å². The molecule has 0 fully saturated rings. The second-order valence-electron chi connectivity index (χ2n) is 6.59. The van der Waals surface area contributed by atoms with E-state index in [9.17, 15) is 9.59 Å². The molecular weight excluding hydrogens is 342 g/mol. The Labute approximate surface area is 159 Å². The number of hydrogen-bond donors (Lipinski definition) is 3. The van der Waals surface area contributed by atoms with Gasteiger partial charge in [0.2, 0.25) is 0 Å². The molecule has 0 saturated heterocycles. The van der Waals surface area contributed by atoms with Crippen molar-refractivity contribution in [1.29, 1.82) is 0 Å². The van der Waals surface area contributed by atoms with Crippen LogP contribution in [-0.4, -0.2) is 31.0 Å². The van der Waals surface area contributed by atoms with Gasteiger partial charge in [-0.25, -0.2) is 0 Å². The maximum absolute atomic E-state index is 11.9. The monoisotopic (exact) mass is 367 g/mol. The van der Waals surface area contributed by atoms with Crippen molar-refractivity contribution >= 4 is 17.5 Å². The van der Waals surface area contributed by atoms with E-state index in [1.807, 2.05) is 48.5 Å². The summed E-state index contributed by atoms with van der Waals surface area (Å²) in [4.78, 5) is 23.6. The van der Waals surface area contributed by atoms with Crippen molar-refractivity contribution in [3.8, 4) is 5.75 Å². The molecule has 0 saturated carbocycles. The number of carbonyl (C=O) groups excluding carboxylic acids is 2. The Morgan fingerprint density at radius 1 is 1.11 bits per heavy atom. The van der Waals surface area contributed by atoms with E-state index < -0.39 is 6.10 Å². The van der Waals surface area contributed by atoms with Gasteiger partial charge in [-0.3, -0.25) is 9.59 Å². The highest BCUT2D eigenvalue weighted by Gasteiger charge is 2.23. The highest BCUT2D eigenvalue weighted by atomic mass is 16.5. The van der Waals surface area contributed by atoms with E-state index in [1.165, 1.54) is 0 Å². The number of unbranched alkanes of at least 4 members (excludes halogenated alkanes) is 1. The van der Waals surface area contributed by atoms with Crippen molar-refractivity contribution in [2.75, 3.05) is 18.4 Å². The van der Waals surface area contributed by atoms with E-state index in [2.05, 4.69) is 16.0 Å². The molecule has 2 aromatic rings. The number of fused-ring (bicyclic) bond motifs is 1. The first-order chi connectivity index (χ1) is 13.1. The van der Waals surface area contributed by atoms with Crippen molar-refractivity contribution in [1.82, 2.24) is 10.6 Å². The van der Waals surface area contributed by atoms with Gasteiger partial charge < -0.3 is 20.7 Å². The molecule has 3 N–H and O–H groups in total. The standard InChI is InChI=1S/C21H25N3O3/c1-15-20(25)24-18-13-16(9-10-19(18)27-15)14-22-11-5-6-12-23-21(26)17-7-3-2-4-8-17/h2-4,7-10,13,15,22H,5-6,11-12,14H2,1H3,(H,23,26)(H,24,25). The fourth-order valence-electron chi connectivity index (χ4n) is 2.87. The molecule has 27 heavy (non-hydrogen) atoms. The summed E-state index contributed by atoms with van der Waals surface area (Å²) >= 11 is 0. The zero-order valence-electron chi connectivity index (χ0n) is 15.5. The Hall–Kier alpha value is -2.86. The summed E-state index contributed by atoms with van der Waals surface area (Å²) in [5, 5.41) is 9.17. The third-order valence-electron chi connectivity index (χ3n) is 4.41. The van der Waals surface area contributed by atoms with Gasteiger partial charge in [-0.2, -0.15) is 0 Å².